The van der Waals surface area contributed by atoms with Crippen LogP contribution in [0.5, 0.6) is 5.75 Å². The SMILES string of the molecule is C[C@]12CC[C@@H]3c4ccc(O)cc4CC[C@H]3[C@@H]1CC[C@@]2(O)Cc1ccc(Br)cc1. The van der Waals surface area contributed by atoms with Gasteiger partial charge < -0.3 is 10.2 Å². The molecule has 2 aromatic carbocycles. The second kappa shape index (κ2) is 6.60. The van der Waals surface area contributed by atoms with Gasteiger partial charge in [0, 0.05) is 10.9 Å². The summed E-state index contributed by atoms with van der Waals surface area (Å²) in [6.07, 6.45) is 7.30. The summed E-state index contributed by atoms with van der Waals surface area (Å²) in [6.45, 7) is 2.37. The fourth-order valence-electron chi connectivity index (χ4n) is 6.91. The van der Waals surface area contributed by atoms with E-state index in [9.17, 15) is 10.2 Å². The molecular weight excluding hydrogens is 412 g/mol. The highest BCUT2D eigenvalue weighted by Crippen LogP contribution is 2.64. The molecule has 3 aliphatic carbocycles. The van der Waals surface area contributed by atoms with E-state index in [1.165, 1.54) is 23.1 Å². The third kappa shape index (κ3) is 2.77. The van der Waals surface area contributed by atoms with Crippen LogP contribution in [0.3, 0.4) is 0 Å². The van der Waals surface area contributed by atoms with Crippen molar-refractivity contribution in [2.75, 3.05) is 0 Å². The van der Waals surface area contributed by atoms with Crippen molar-refractivity contribution >= 4 is 15.9 Å². The van der Waals surface area contributed by atoms with Crippen LogP contribution < -0.4 is 0 Å². The van der Waals surface area contributed by atoms with Crippen LogP contribution in [-0.2, 0) is 12.8 Å². The molecular formula is C25H29BrO2. The van der Waals surface area contributed by atoms with Crippen LogP contribution in [0.1, 0.15) is 61.6 Å². The molecule has 148 valence electrons. The molecule has 0 heterocycles. The van der Waals surface area contributed by atoms with Gasteiger partial charge >= 0.3 is 0 Å². The summed E-state index contributed by atoms with van der Waals surface area (Å²) in [5.41, 5.74) is 3.42. The number of benzene rings is 2. The molecule has 0 spiro atoms. The summed E-state index contributed by atoms with van der Waals surface area (Å²) >= 11 is 3.52. The first kappa shape index (κ1) is 18.7. The summed E-state index contributed by atoms with van der Waals surface area (Å²) in [4.78, 5) is 0. The molecule has 5 rings (SSSR count). The molecule has 2 aromatic rings. The Kier molecular flexibility index (Phi) is 4.41. The summed E-state index contributed by atoms with van der Waals surface area (Å²) in [5.74, 6) is 2.24. The average Bonchev–Trinajstić information content (AvgIpc) is 2.94. The molecule has 0 bridgehead atoms. The smallest absolute Gasteiger partial charge is 0.115 e. The van der Waals surface area contributed by atoms with Crippen molar-refractivity contribution in [1.29, 1.82) is 0 Å². The molecule has 3 heteroatoms. The average molecular weight is 441 g/mol. The maximum absolute atomic E-state index is 11.8. The van der Waals surface area contributed by atoms with Gasteiger partial charge in [-0.3, -0.25) is 0 Å². The van der Waals surface area contributed by atoms with Crippen LogP contribution in [0.25, 0.3) is 0 Å². The Hall–Kier alpha value is -1.32. The number of aryl methyl sites for hydroxylation is 1. The number of halogens is 1. The molecule has 2 saturated carbocycles. The third-order valence-electron chi connectivity index (χ3n) is 8.44. The Balaban J connectivity index is 1.44. The predicted octanol–water partition coefficient (Wildman–Crippen LogP) is 5.98. The lowest BCUT2D eigenvalue weighted by Crippen LogP contribution is -2.51. The van der Waals surface area contributed by atoms with E-state index in [4.69, 9.17) is 0 Å². The van der Waals surface area contributed by atoms with Gasteiger partial charge in [0.25, 0.3) is 0 Å². The van der Waals surface area contributed by atoms with Gasteiger partial charge in [0.1, 0.15) is 5.75 Å². The zero-order chi connectivity index (χ0) is 19.5. The van der Waals surface area contributed by atoms with Crippen LogP contribution in [0.2, 0.25) is 0 Å². The van der Waals surface area contributed by atoms with E-state index in [0.717, 1.165) is 43.0 Å². The van der Waals surface area contributed by atoms with Crippen molar-refractivity contribution in [2.45, 2.75) is 63.4 Å². The fraction of sp³-hybridized carbons (Fsp3) is 0.520. The Morgan fingerprint density at radius 1 is 1.04 bits per heavy atom. The number of aromatic hydroxyl groups is 1. The molecule has 2 N–H and O–H groups in total. The zero-order valence-electron chi connectivity index (χ0n) is 16.5. The van der Waals surface area contributed by atoms with Gasteiger partial charge in [0.15, 0.2) is 0 Å². The molecule has 0 amide bonds. The summed E-state index contributed by atoms with van der Waals surface area (Å²) in [5, 5.41) is 21.7. The second-order valence-corrected chi connectivity index (χ2v) is 10.5. The molecule has 2 fully saturated rings. The minimum absolute atomic E-state index is 0.00430. The quantitative estimate of drug-likeness (QED) is 0.602. The molecule has 3 aliphatic rings. The summed E-state index contributed by atoms with van der Waals surface area (Å²) < 4.78 is 1.09. The van der Waals surface area contributed by atoms with Gasteiger partial charge in [0.2, 0.25) is 0 Å². The molecule has 0 aliphatic heterocycles. The van der Waals surface area contributed by atoms with Gasteiger partial charge in [-0.25, -0.2) is 0 Å². The number of rotatable bonds is 2. The first-order valence-electron chi connectivity index (χ1n) is 10.7. The number of hydrogen-bond acceptors (Lipinski definition) is 2. The molecule has 0 radical (unpaired) electrons. The highest BCUT2D eigenvalue weighted by Gasteiger charge is 2.61. The van der Waals surface area contributed by atoms with Crippen molar-refractivity contribution in [3.8, 4) is 5.75 Å². The number of phenolic OH excluding ortho intramolecular Hbond substituents is 1. The van der Waals surface area contributed by atoms with E-state index < -0.39 is 5.60 Å². The monoisotopic (exact) mass is 440 g/mol. The highest BCUT2D eigenvalue weighted by molar-refractivity contribution is 9.10. The van der Waals surface area contributed by atoms with Gasteiger partial charge in [-0.1, -0.05) is 41.1 Å². The molecule has 5 atom stereocenters. The first-order chi connectivity index (χ1) is 13.4. The highest BCUT2D eigenvalue weighted by atomic mass is 79.9. The van der Waals surface area contributed by atoms with E-state index in [1.54, 1.807) is 0 Å². The topological polar surface area (TPSA) is 40.5 Å². The van der Waals surface area contributed by atoms with E-state index in [2.05, 4.69) is 53.2 Å². The van der Waals surface area contributed by atoms with Crippen LogP contribution >= 0.6 is 15.9 Å². The molecule has 0 aromatic heterocycles. The number of hydrogen-bond donors (Lipinski definition) is 2. The number of phenols is 1. The van der Waals surface area contributed by atoms with Gasteiger partial charge in [-0.05, 0) is 103 Å². The van der Waals surface area contributed by atoms with Gasteiger partial charge in [-0.15, -0.1) is 0 Å². The minimum Gasteiger partial charge on any atom is -0.508 e. The van der Waals surface area contributed by atoms with E-state index in [-0.39, 0.29) is 5.41 Å². The summed E-state index contributed by atoms with van der Waals surface area (Å²) in [6, 6.07) is 14.4. The van der Waals surface area contributed by atoms with Crippen LogP contribution in [-0.4, -0.2) is 15.8 Å². The Labute approximate surface area is 176 Å². The van der Waals surface area contributed by atoms with E-state index in [0.29, 0.717) is 23.5 Å². The van der Waals surface area contributed by atoms with Crippen molar-refractivity contribution in [2.24, 2.45) is 17.3 Å². The Morgan fingerprint density at radius 3 is 2.61 bits per heavy atom. The van der Waals surface area contributed by atoms with E-state index in [1.807, 2.05) is 12.1 Å². The standard InChI is InChI=1S/C25H29BrO2/c1-24-12-10-21-20-9-7-19(27)14-17(20)4-8-22(21)23(24)11-13-25(24,28)15-16-2-5-18(26)6-3-16/h2-3,5-7,9,14,21-23,27-28H,4,8,10-13,15H2,1H3/t21-,22-,23+,24+,25-/m1/s1. The maximum Gasteiger partial charge on any atom is 0.115 e. The minimum atomic E-state index is -0.605. The largest absolute Gasteiger partial charge is 0.508 e. The Bertz CT molecular complexity index is 892. The van der Waals surface area contributed by atoms with Crippen LogP contribution in [0.4, 0.5) is 0 Å². The number of fused-ring (bicyclic) bond motifs is 5. The number of aliphatic hydroxyl groups is 1. The normalized spacial score (nSPS) is 36.5. The molecule has 0 saturated heterocycles. The lowest BCUT2D eigenvalue weighted by atomic mass is 9.53. The zero-order valence-corrected chi connectivity index (χ0v) is 18.1. The van der Waals surface area contributed by atoms with E-state index >= 15 is 0 Å². The van der Waals surface area contributed by atoms with Gasteiger partial charge in [0.05, 0.1) is 5.60 Å². The van der Waals surface area contributed by atoms with Crippen molar-refractivity contribution in [3.63, 3.8) is 0 Å². The second-order valence-electron chi connectivity index (χ2n) is 9.63. The molecule has 28 heavy (non-hydrogen) atoms. The maximum atomic E-state index is 11.8. The predicted molar refractivity (Wildman–Crippen MR) is 116 cm³/mol. The lowest BCUT2D eigenvalue weighted by molar-refractivity contribution is -0.102. The Morgan fingerprint density at radius 2 is 1.82 bits per heavy atom. The first-order valence-corrected chi connectivity index (χ1v) is 11.5. The molecule has 0 unspecified atom stereocenters. The lowest BCUT2D eigenvalue weighted by Gasteiger charge is -2.53. The fourth-order valence-corrected chi connectivity index (χ4v) is 7.17. The van der Waals surface area contributed by atoms with Crippen molar-refractivity contribution < 1.29 is 10.2 Å². The summed E-state index contributed by atoms with van der Waals surface area (Å²) in [7, 11) is 0. The van der Waals surface area contributed by atoms with Crippen LogP contribution in [0, 0.1) is 17.3 Å². The van der Waals surface area contributed by atoms with Gasteiger partial charge in [-0.2, -0.15) is 0 Å². The van der Waals surface area contributed by atoms with Crippen LogP contribution in [0.15, 0.2) is 46.9 Å². The third-order valence-corrected chi connectivity index (χ3v) is 8.97. The van der Waals surface area contributed by atoms with Crippen molar-refractivity contribution in [1.82, 2.24) is 0 Å². The molecule has 2 nitrogen and oxygen atoms in total. The van der Waals surface area contributed by atoms with Crippen molar-refractivity contribution in [3.05, 3.63) is 63.6 Å².